The third-order valence-corrected chi connectivity index (χ3v) is 5.71. The van der Waals surface area contributed by atoms with Crippen LogP contribution in [-0.4, -0.2) is 27.2 Å². The molecule has 0 radical (unpaired) electrons. The van der Waals surface area contributed by atoms with E-state index in [4.69, 9.17) is 14.2 Å². The summed E-state index contributed by atoms with van der Waals surface area (Å²) in [4.78, 5) is 13.4. The molecule has 0 aliphatic heterocycles. The molecule has 1 heterocycles. The Labute approximate surface area is 167 Å². The Balaban J connectivity index is 1.95. The zero-order chi connectivity index (χ0) is 20.3. The molecule has 3 rings (SSSR count). The van der Waals surface area contributed by atoms with Crippen LogP contribution in [0.15, 0.2) is 36.4 Å². The lowest BCUT2D eigenvalue weighted by Crippen LogP contribution is -2.27. The molecule has 148 valence electrons. The van der Waals surface area contributed by atoms with Gasteiger partial charge in [-0.15, -0.1) is 11.3 Å². The average molecular weight is 403 g/mol. The molecule has 0 aliphatic carbocycles. The van der Waals surface area contributed by atoms with Crippen molar-refractivity contribution in [2.24, 2.45) is 0 Å². The van der Waals surface area contributed by atoms with E-state index in [1.807, 2.05) is 13.0 Å². The highest BCUT2D eigenvalue weighted by atomic mass is 32.1. The van der Waals surface area contributed by atoms with Crippen molar-refractivity contribution in [1.29, 1.82) is 0 Å². The minimum Gasteiger partial charge on any atom is -0.497 e. The predicted molar refractivity (Wildman–Crippen MR) is 108 cm³/mol. The van der Waals surface area contributed by atoms with Crippen LogP contribution >= 0.6 is 11.3 Å². The number of halogens is 1. The number of fused-ring (bicyclic) bond motifs is 1. The highest BCUT2D eigenvalue weighted by Crippen LogP contribution is 2.35. The Kier molecular flexibility index (Phi) is 6.16. The summed E-state index contributed by atoms with van der Waals surface area (Å²) in [6, 6.07) is 9.89. The maximum atomic E-state index is 14.3. The highest BCUT2D eigenvalue weighted by Gasteiger charge is 2.23. The van der Waals surface area contributed by atoms with Crippen LogP contribution in [0.25, 0.3) is 10.1 Å². The number of hydrogen-bond donors (Lipinski definition) is 1. The number of thiophene rings is 1. The van der Waals surface area contributed by atoms with Crippen molar-refractivity contribution in [3.8, 4) is 11.5 Å². The maximum absolute atomic E-state index is 14.3. The minimum atomic E-state index is -0.359. The Morgan fingerprint density at radius 1 is 1.18 bits per heavy atom. The van der Waals surface area contributed by atoms with E-state index in [0.29, 0.717) is 32.0 Å². The van der Waals surface area contributed by atoms with Gasteiger partial charge in [0.2, 0.25) is 0 Å². The molecule has 0 saturated carbocycles. The summed E-state index contributed by atoms with van der Waals surface area (Å²) in [6.45, 7) is 2.01. The lowest BCUT2D eigenvalue weighted by Gasteiger charge is -2.18. The zero-order valence-corrected chi connectivity index (χ0v) is 17.0. The second kappa shape index (κ2) is 8.58. The Hall–Kier alpha value is -2.64. The summed E-state index contributed by atoms with van der Waals surface area (Å²) in [7, 11) is 4.68. The van der Waals surface area contributed by atoms with Crippen molar-refractivity contribution >= 4 is 27.3 Å². The first-order valence-corrected chi connectivity index (χ1v) is 9.53. The van der Waals surface area contributed by atoms with E-state index < -0.39 is 0 Å². The fraction of sp³-hybridized carbons (Fsp3) is 0.286. The van der Waals surface area contributed by atoms with Crippen LogP contribution < -0.4 is 14.8 Å². The molecule has 0 spiro atoms. The molecule has 7 heteroatoms. The van der Waals surface area contributed by atoms with Crippen LogP contribution in [0.1, 0.15) is 33.8 Å². The van der Waals surface area contributed by atoms with Gasteiger partial charge in [-0.25, -0.2) is 4.39 Å². The van der Waals surface area contributed by atoms with Crippen LogP contribution in [0.3, 0.4) is 0 Å². The summed E-state index contributed by atoms with van der Waals surface area (Å²) in [5.41, 5.74) is 1.35. The largest absolute Gasteiger partial charge is 0.497 e. The monoisotopic (exact) mass is 403 g/mol. The van der Waals surface area contributed by atoms with E-state index in [1.54, 1.807) is 38.5 Å². The lowest BCUT2D eigenvalue weighted by atomic mass is 10.1. The standard InChI is InChI=1S/C21H22FNO4S/c1-12(14-10-13(26-3)8-9-17(14)27-4)23-21(24)20-15(11-25-2)19-16(22)6-5-7-18(19)28-20/h5-10,12H,11H2,1-4H3,(H,23,24). The number of amides is 1. The molecule has 0 aliphatic rings. The Morgan fingerprint density at radius 2 is 1.96 bits per heavy atom. The van der Waals surface area contributed by atoms with Gasteiger partial charge in [0.15, 0.2) is 0 Å². The second-order valence-corrected chi connectivity index (χ2v) is 7.31. The van der Waals surface area contributed by atoms with Crippen LogP contribution in [0.2, 0.25) is 0 Å². The summed E-state index contributed by atoms with van der Waals surface area (Å²) >= 11 is 1.25. The molecule has 0 saturated heterocycles. The first kappa shape index (κ1) is 20.1. The molecule has 2 aromatic carbocycles. The van der Waals surface area contributed by atoms with Crippen molar-refractivity contribution in [2.45, 2.75) is 19.6 Å². The summed E-state index contributed by atoms with van der Waals surface area (Å²) in [5, 5.41) is 3.41. The summed E-state index contributed by atoms with van der Waals surface area (Å²) in [6.07, 6.45) is 0. The molecule has 28 heavy (non-hydrogen) atoms. The molecule has 1 N–H and O–H groups in total. The zero-order valence-electron chi connectivity index (χ0n) is 16.2. The van der Waals surface area contributed by atoms with E-state index in [2.05, 4.69) is 5.32 Å². The number of hydrogen-bond acceptors (Lipinski definition) is 5. The minimum absolute atomic E-state index is 0.153. The fourth-order valence-electron chi connectivity index (χ4n) is 3.15. The number of carbonyl (C=O) groups excluding carboxylic acids is 1. The van der Waals surface area contributed by atoms with Gasteiger partial charge in [-0.2, -0.15) is 0 Å². The number of nitrogens with one attached hydrogen (secondary N) is 1. The van der Waals surface area contributed by atoms with E-state index in [0.717, 1.165) is 5.56 Å². The molecular weight excluding hydrogens is 381 g/mol. The van der Waals surface area contributed by atoms with Crippen LogP contribution in [0.5, 0.6) is 11.5 Å². The molecule has 0 fully saturated rings. The molecule has 1 amide bonds. The highest BCUT2D eigenvalue weighted by molar-refractivity contribution is 7.21. The lowest BCUT2D eigenvalue weighted by molar-refractivity contribution is 0.0939. The van der Waals surface area contributed by atoms with Gasteiger partial charge in [-0.1, -0.05) is 6.07 Å². The maximum Gasteiger partial charge on any atom is 0.262 e. The molecule has 5 nitrogen and oxygen atoms in total. The van der Waals surface area contributed by atoms with E-state index in [-0.39, 0.29) is 24.4 Å². The van der Waals surface area contributed by atoms with Gasteiger partial charge in [0.25, 0.3) is 5.91 Å². The van der Waals surface area contributed by atoms with Crippen molar-refractivity contribution < 1.29 is 23.4 Å². The molecule has 0 bridgehead atoms. The Morgan fingerprint density at radius 3 is 2.64 bits per heavy atom. The van der Waals surface area contributed by atoms with Crippen molar-refractivity contribution in [1.82, 2.24) is 5.32 Å². The first-order chi connectivity index (χ1) is 13.5. The average Bonchev–Trinajstić information content (AvgIpc) is 3.07. The van der Waals surface area contributed by atoms with Crippen molar-refractivity contribution in [2.75, 3.05) is 21.3 Å². The fourth-order valence-corrected chi connectivity index (χ4v) is 4.28. The van der Waals surface area contributed by atoms with E-state index in [1.165, 1.54) is 24.5 Å². The van der Waals surface area contributed by atoms with Gasteiger partial charge < -0.3 is 19.5 Å². The van der Waals surface area contributed by atoms with Crippen LogP contribution in [0.4, 0.5) is 4.39 Å². The molecule has 1 aromatic heterocycles. The topological polar surface area (TPSA) is 56.8 Å². The molecular formula is C21H22FNO4S. The quantitative estimate of drug-likeness (QED) is 0.622. The number of methoxy groups -OCH3 is 3. The molecule has 1 unspecified atom stereocenters. The van der Waals surface area contributed by atoms with Gasteiger partial charge in [0, 0.05) is 28.3 Å². The number of rotatable bonds is 7. The van der Waals surface area contributed by atoms with Crippen molar-refractivity contribution in [3.05, 3.63) is 58.2 Å². The number of benzene rings is 2. The Bertz CT molecular complexity index is 1000. The number of ether oxygens (including phenoxy) is 3. The van der Waals surface area contributed by atoms with Gasteiger partial charge in [0.05, 0.1) is 31.7 Å². The second-order valence-electron chi connectivity index (χ2n) is 6.26. The number of carbonyl (C=O) groups is 1. The van der Waals surface area contributed by atoms with E-state index in [9.17, 15) is 9.18 Å². The van der Waals surface area contributed by atoms with Gasteiger partial charge in [0.1, 0.15) is 17.3 Å². The predicted octanol–water partition coefficient (Wildman–Crippen LogP) is 4.70. The smallest absolute Gasteiger partial charge is 0.262 e. The normalized spacial score (nSPS) is 12.0. The van der Waals surface area contributed by atoms with Gasteiger partial charge >= 0.3 is 0 Å². The van der Waals surface area contributed by atoms with E-state index >= 15 is 0 Å². The van der Waals surface area contributed by atoms with Crippen molar-refractivity contribution in [3.63, 3.8) is 0 Å². The molecule has 1 atom stereocenters. The summed E-state index contributed by atoms with van der Waals surface area (Å²) < 4.78 is 31.0. The SMILES string of the molecule is COCc1c(C(=O)NC(C)c2cc(OC)ccc2OC)sc2cccc(F)c12. The third-order valence-electron chi connectivity index (χ3n) is 4.51. The summed E-state index contributed by atoms with van der Waals surface area (Å²) in [5.74, 6) is 0.668. The molecule has 3 aromatic rings. The van der Waals surface area contributed by atoms with Gasteiger partial charge in [-0.05, 0) is 37.3 Å². The third kappa shape index (κ3) is 3.81. The van der Waals surface area contributed by atoms with Crippen LogP contribution in [-0.2, 0) is 11.3 Å². The first-order valence-electron chi connectivity index (χ1n) is 8.71. The van der Waals surface area contributed by atoms with Gasteiger partial charge in [-0.3, -0.25) is 4.79 Å². The van der Waals surface area contributed by atoms with Crippen LogP contribution in [0, 0.1) is 5.82 Å².